The Bertz CT molecular complexity index is 508. The van der Waals surface area contributed by atoms with Gasteiger partial charge in [-0.25, -0.2) is 0 Å². The number of nitrogens with zero attached hydrogens (tertiary/aromatic N) is 4. The number of rotatable bonds is 8. The van der Waals surface area contributed by atoms with Gasteiger partial charge < -0.3 is 24.6 Å². The molecule has 0 radical (unpaired) electrons. The van der Waals surface area contributed by atoms with Crippen molar-refractivity contribution in [2.45, 2.75) is 63.0 Å². The van der Waals surface area contributed by atoms with Crippen LogP contribution in [0.15, 0.2) is 4.99 Å². The second-order valence-corrected chi connectivity index (χ2v) is 9.38. The maximum Gasteiger partial charge on any atom is 0.193 e. The Labute approximate surface area is 184 Å². The number of methoxy groups -OCH3 is 1. The van der Waals surface area contributed by atoms with Gasteiger partial charge in [0, 0.05) is 52.5 Å². The first-order valence-corrected chi connectivity index (χ1v) is 12.2. The number of nitrogens with one attached hydrogen (secondary N) is 1. The number of ether oxygens (including phenoxy) is 2. The lowest BCUT2D eigenvalue weighted by molar-refractivity contribution is 0.00789. The number of hydrogen-bond acceptors (Lipinski definition) is 5. The van der Waals surface area contributed by atoms with Crippen molar-refractivity contribution >= 4 is 5.96 Å². The maximum absolute atomic E-state index is 6.03. The molecule has 0 atom stereocenters. The average Bonchev–Trinajstić information content (AvgIpc) is 2.80. The van der Waals surface area contributed by atoms with E-state index >= 15 is 0 Å². The van der Waals surface area contributed by atoms with Gasteiger partial charge in [0.1, 0.15) is 0 Å². The van der Waals surface area contributed by atoms with Gasteiger partial charge in [0.25, 0.3) is 0 Å². The normalized spacial score (nSPS) is 24.9. The van der Waals surface area contributed by atoms with Gasteiger partial charge in [0.15, 0.2) is 5.96 Å². The van der Waals surface area contributed by atoms with Crippen LogP contribution in [-0.2, 0) is 9.47 Å². The third-order valence-corrected chi connectivity index (χ3v) is 7.32. The second-order valence-electron chi connectivity index (χ2n) is 9.38. The van der Waals surface area contributed by atoms with Gasteiger partial charge in [-0.2, -0.15) is 0 Å². The molecule has 0 unspecified atom stereocenters. The van der Waals surface area contributed by atoms with Crippen LogP contribution < -0.4 is 5.32 Å². The zero-order chi connectivity index (χ0) is 21.2. The molecule has 0 aromatic rings. The Morgan fingerprint density at radius 3 is 2.33 bits per heavy atom. The first-order chi connectivity index (χ1) is 14.7. The van der Waals surface area contributed by atoms with Crippen molar-refractivity contribution in [2.24, 2.45) is 4.99 Å². The van der Waals surface area contributed by atoms with E-state index in [0.29, 0.717) is 6.10 Å². The van der Waals surface area contributed by atoms with Gasteiger partial charge in [-0.1, -0.05) is 6.42 Å². The predicted octanol–water partition coefficient (Wildman–Crippen LogP) is 2.03. The van der Waals surface area contributed by atoms with Gasteiger partial charge in [-0.05, 0) is 78.2 Å². The summed E-state index contributed by atoms with van der Waals surface area (Å²) in [6, 6.07) is 0. The molecule has 3 aliphatic rings. The molecule has 3 fully saturated rings. The van der Waals surface area contributed by atoms with Crippen LogP contribution in [0.2, 0.25) is 0 Å². The lowest BCUT2D eigenvalue weighted by atomic mass is 9.84. The molecule has 0 amide bonds. The SMILES string of the molecule is CN=C(NCC1(N2CCCCC2)CCN(C)CC1)N1CCC(OCCCOC)CC1. The number of likely N-dealkylation sites (tertiary alicyclic amines) is 3. The monoisotopic (exact) mass is 423 g/mol. The first kappa shape index (κ1) is 23.8. The van der Waals surface area contributed by atoms with Gasteiger partial charge in [-0.15, -0.1) is 0 Å². The second kappa shape index (κ2) is 12.2. The molecule has 0 aliphatic carbocycles. The zero-order valence-corrected chi connectivity index (χ0v) is 19.7. The molecular weight excluding hydrogens is 378 g/mol. The van der Waals surface area contributed by atoms with E-state index in [1.165, 1.54) is 58.3 Å². The van der Waals surface area contributed by atoms with Crippen molar-refractivity contribution in [3.63, 3.8) is 0 Å². The molecule has 174 valence electrons. The van der Waals surface area contributed by atoms with Crippen LogP contribution in [0.1, 0.15) is 51.4 Å². The van der Waals surface area contributed by atoms with Gasteiger partial charge in [0.2, 0.25) is 0 Å². The van der Waals surface area contributed by atoms with E-state index < -0.39 is 0 Å². The summed E-state index contributed by atoms with van der Waals surface area (Å²) in [7, 11) is 5.93. The third-order valence-electron chi connectivity index (χ3n) is 7.32. The van der Waals surface area contributed by atoms with Crippen LogP contribution >= 0.6 is 0 Å². The number of guanidine groups is 1. The molecule has 7 nitrogen and oxygen atoms in total. The Balaban J connectivity index is 1.49. The van der Waals surface area contributed by atoms with E-state index in [9.17, 15) is 0 Å². The highest BCUT2D eigenvalue weighted by Gasteiger charge is 2.40. The third kappa shape index (κ3) is 6.55. The minimum absolute atomic E-state index is 0.283. The number of piperidine rings is 3. The molecule has 0 aromatic carbocycles. The molecule has 3 rings (SSSR count). The van der Waals surface area contributed by atoms with Crippen LogP contribution in [0.4, 0.5) is 0 Å². The lowest BCUT2D eigenvalue weighted by Crippen LogP contribution is -2.62. The topological polar surface area (TPSA) is 52.6 Å². The molecule has 0 aromatic heterocycles. The van der Waals surface area contributed by atoms with Crippen molar-refractivity contribution < 1.29 is 9.47 Å². The van der Waals surface area contributed by atoms with E-state index in [1.54, 1.807) is 7.11 Å². The summed E-state index contributed by atoms with van der Waals surface area (Å²) >= 11 is 0. The van der Waals surface area contributed by atoms with Crippen molar-refractivity contribution in [1.82, 2.24) is 20.0 Å². The Morgan fingerprint density at radius 1 is 1.00 bits per heavy atom. The van der Waals surface area contributed by atoms with Crippen LogP contribution in [0, 0.1) is 0 Å². The minimum atomic E-state index is 0.283. The molecule has 3 saturated heterocycles. The first-order valence-electron chi connectivity index (χ1n) is 12.2. The average molecular weight is 424 g/mol. The van der Waals surface area contributed by atoms with Crippen molar-refractivity contribution in [3.05, 3.63) is 0 Å². The predicted molar refractivity (Wildman–Crippen MR) is 123 cm³/mol. The van der Waals surface area contributed by atoms with Crippen molar-refractivity contribution in [3.8, 4) is 0 Å². The molecule has 7 heteroatoms. The highest BCUT2D eigenvalue weighted by atomic mass is 16.5. The summed E-state index contributed by atoms with van der Waals surface area (Å²) in [5, 5.41) is 3.79. The molecular formula is C23H45N5O2. The van der Waals surface area contributed by atoms with Crippen molar-refractivity contribution in [2.75, 3.05) is 80.2 Å². The molecule has 1 N–H and O–H groups in total. The Morgan fingerprint density at radius 2 is 1.70 bits per heavy atom. The standard InChI is InChI=1S/C23H45N5O2/c1-24-22(27-14-8-21(9-15-27)30-19-7-18-29-3)25-20-23(10-16-26(2)17-11-23)28-12-5-4-6-13-28/h21H,4-20H2,1-3H3,(H,24,25). The quantitative estimate of drug-likeness (QED) is 0.366. The van der Waals surface area contributed by atoms with E-state index in [2.05, 4.69) is 32.1 Å². The zero-order valence-electron chi connectivity index (χ0n) is 19.7. The summed E-state index contributed by atoms with van der Waals surface area (Å²) in [6.45, 7) is 9.56. The number of hydrogen-bond donors (Lipinski definition) is 1. The largest absolute Gasteiger partial charge is 0.385 e. The molecule has 0 saturated carbocycles. The summed E-state index contributed by atoms with van der Waals surface area (Å²) in [5.41, 5.74) is 0.283. The summed E-state index contributed by atoms with van der Waals surface area (Å²) in [4.78, 5) is 12.3. The van der Waals surface area contributed by atoms with E-state index in [4.69, 9.17) is 9.47 Å². The molecule has 3 aliphatic heterocycles. The summed E-state index contributed by atoms with van der Waals surface area (Å²) in [5.74, 6) is 1.07. The molecule has 0 bridgehead atoms. The van der Waals surface area contributed by atoms with Gasteiger partial charge in [0.05, 0.1) is 6.10 Å². The van der Waals surface area contributed by atoms with Crippen LogP contribution in [-0.4, -0.2) is 113 Å². The van der Waals surface area contributed by atoms with Crippen LogP contribution in [0.3, 0.4) is 0 Å². The van der Waals surface area contributed by atoms with Crippen LogP contribution in [0.25, 0.3) is 0 Å². The molecule has 0 spiro atoms. The fraction of sp³-hybridized carbons (Fsp3) is 0.957. The molecule has 30 heavy (non-hydrogen) atoms. The van der Waals surface area contributed by atoms with E-state index in [0.717, 1.165) is 58.1 Å². The number of aliphatic imine (C=N–C) groups is 1. The summed E-state index contributed by atoms with van der Waals surface area (Å²) < 4.78 is 11.1. The highest BCUT2D eigenvalue weighted by Crippen LogP contribution is 2.31. The molecule has 3 heterocycles. The minimum Gasteiger partial charge on any atom is -0.385 e. The highest BCUT2D eigenvalue weighted by molar-refractivity contribution is 5.80. The van der Waals surface area contributed by atoms with E-state index in [1.807, 2.05) is 7.05 Å². The Hall–Kier alpha value is -0.890. The van der Waals surface area contributed by atoms with Crippen molar-refractivity contribution in [1.29, 1.82) is 0 Å². The van der Waals surface area contributed by atoms with E-state index in [-0.39, 0.29) is 5.54 Å². The van der Waals surface area contributed by atoms with Gasteiger partial charge in [-0.3, -0.25) is 9.89 Å². The van der Waals surface area contributed by atoms with Crippen LogP contribution in [0.5, 0.6) is 0 Å². The fourth-order valence-corrected chi connectivity index (χ4v) is 5.27. The van der Waals surface area contributed by atoms with Gasteiger partial charge >= 0.3 is 0 Å². The summed E-state index contributed by atoms with van der Waals surface area (Å²) in [6.07, 6.45) is 10.1. The maximum atomic E-state index is 6.03. The lowest BCUT2D eigenvalue weighted by Gasteiger charge is -2.50. The Kier molecular flexibility index (Phi) is 9.68. The fourth-order valence-electron chi connectivity index (χ4n) is 5.27. The smallest absolute Gasteiger partial charge is 0.193 e.